The van der Waals surface area contributed by atoms with E-state index >= 15 is 0 Å². The summed E-state index contributed by atoms with van der Waals surface area (Å²) in [6.45, 7) is 10.9. The highest BCUT2D eigenvalue weighted by atomic mass is 19.1. The predicted molar refractivity (Wildman–Crippen MR) is 161 cm³/mol. The fraction of sp³-hybridized carbons (Fsp3) is 0.500. The molecule has 3 heterocycles. The predicted octanol–water partition coefficient (Wildman–Crippen LogP) is 4.31. The lowest BCUT2D eigenvalue weighted by molar-refractivity contribution is -0.141. The number of nitrogens with one attached hydrogen (secondary N) is 1. The Morgan fingerprint density at radius 3 is 2.52 bits per heavy atom. The van der Waals surface area contributed by atoms with Gasteiger partial charge in [-0.15, -0.1) is 0 Å². The van der Waals surface area contributed by atoms with Gasteiger partial charge >= 0.3 is 0 Å². The number of carbonyl (C=O) groups is 3. The van der Waals surface area contributed by atoms with Crippen molar-refractivity contribution < 1.29 is 18.8 Å². The van der Waals surface area contributed by atoms with Crippen LogP contribution < -0.4 is 11.1 Å². The topological polar surface area (TPSA) is 113 Å². The van der Waals surface area contributed by atoms with Gasteiger partial charge in [-0.2, -0.15) is 0 Å². The van der Waals surface area contributed by atoms with Crippen molar-refractivity contribution in [2.45, 2.75) is 72.4 Å². The second-order valence-electron chi connectivity index (χ2n) is 12.4. The fourth-order valence-electron chi connectivity index (χ4n) is 5.32. The number of nitrogens with two attached hydrogens (primary N) is 1. The zero-order valence-electron chi connectivity index (χ0n) is 25.3. The van der Waals surface area contributed by atoms with E-state index in [4.69, 9.17) is 5.73 Å². The Morgan fingerprint density at radius 2 is 1.86 bits per heavy atom. The van der Waals surface area contributed by atoms with Gasteiger partial charge in [-0.05, 0) is 60.9 Å². The number of fused-ring (bicyclic) bond motifs is 1. The normalized spacial score (nSPS) is 16.8. The van der Waals surface area contributed by atoms with E-state index in [0.29, 0.717) is 43.8 Å². The maximum Gasteiger partial charge on any atom is 0.274 e. The molecular formula is C32H43FN6O3. The summed E-state index contributed by atoms with van der Waals surface area (Å²) in [4.78, 5) is 48.8. The first kappa shape index (κ1) is 31.0. The van der Waals surface area contributed by atoms with Crippen LogP contribution in [0.1, 0.15) is 69.9 Å². The number of nitrogen functional groups attached to an aromatic ring is 1. The highest BCUT2D eigenvalue weighted by molar-refractivity contribution is 5.93. The third-order valence-electron chi connectivity index (χ3n) is 8.11. The second-order valence-corrected chi connectivity index (χ2v) is 12.4. The molecule has 1 aliphatic heterocycles. The Hall–Kier alpha value is -3.95. The molecule has 10 heteroatoms. The number of nitrogens with zero attached hydrogens (tertiary/aromatic N) is 4. The average Bonchev–Trinajstić information content (AvgIpc) is 3.59. The molecule has 0 bridgehead atoms. The lowest BCUT2D eigenvalue weighted by Crippen LogP contribution is -2.57. The van der Waals surface area contributed by atoms with Crippen LogP contribution in [0, 0.1) is 17.2 Å². The van der Waals surface area contributed by atoms with Crippen molar-refractivity contribution in [1.29, 1.82) is 0 Å². The number of rotatable bonds is 10. The minimum atomic E-state index is -0.688. The van der Waals surface area contributed by atoms with Gasteiger partial charge in [-0.3, -0.25) is 14.4 Å². The molecule has 3 N–H and O–H groups in total. The molecule has 0 saturated carbocycles. The van der Waals surface area contributed by atoms with E-state index in [2.05, 4.69) is 10.3 Å². The standard InChI is InChI=1S/C32H43FN6O3/c1-6-21(2)29(40)36-28(32(3,4)5)31(42)39-16-7-8-25(39)19-37(17-15-22-9-11-23(33)12-10-22)30(41)26-20-38-18-24(34)13-14-27(38)35-26/h9-14,18,20-21,25,28H,6-8,15-17,19,34H2,1-5H3,(H,36,40)/t21-,25+,28-/m1/s1. The Bertz CT molecular complexity index is 1410. The first-order valence-electron chi connectivity index (χ1n) is 14.8. The molecule has 0 radical (unpaired) electrons. The van der Waals surface area contributed by atoms with E-state index in [1.807, 2.05) is 39.5 Å². The van der Waals surface area contributed by atoms with Crippen LogP contribution in [0.3, 0.4) is 0 Å². The van der Waals surface area contributed by atoms with Gasteiger partial charge in [0.1, 0.15) is 23.2 Å². The lowest BCUT2D eigenvalue weighted by atomic mass is 9.85. The molecule has 1 fully saturated rings. The summed E-state index contributed by atoms with van der Waals surface area (Å²) >= 11 is 0. The minimum Gasteiger partial charge on any atom is -0.398 e. The van der Waals surface area contributed by atoms with Crippen LogP contribution in [0.25, 0.3) is 5.65 Å². The van der Waals surface area contributed by atoms with Crippen LogP contribution in [-0.4, -0.2) is 68.6 Å². The number of carbonyl (C=O) groups excluding carboxylic acids is 3. The molecule has 226 valence electrons. The highest BCUT2D eigenvalue weighted by Gasteiger charge is 2.41. The summed E-state index contributed by atoms with van der Waals surface area (Å²) < 4.78 is 15.2. The van der Waals surface area contributed by atoms with Gasteiger partial charge in [-0.25, -0.2) is 9.37 Å². The van der Waals surface area contributed by atoms with E-state index in [1.54, 1.807) is 46.0 Å². The lowest BCUT2D eigenvalue weighted by Gasteiger charge is -2.37. The van der Waals surface area contributed by atoms with Gasteiger partial charge in [0.15, 0.2) is 0 Å². The van der Waals surface area contributed by atoms with E-state index < -0.39 is 11.5 Å². The number of aromatic nitrogens is 2. The molecule has 1 saturated heterocycles. The van der Waals surface area contributed by atoms with Gasteiger partial charge in [0.05, 0.1) is 0 Å². The summed E-state index contributed by atoms with van der Waals surface area (Å²) in [5.41, 5.74) is 7.77. The number of imidazole rings is 1. The van der Waals surface area contributed by atoms with E-state index in [-0.39, 0.29) is 41.2 Å². The Morgan fingerprint density at radius 1 is 1.14 bits per heavy atom. The molecule has 4 rings (SSSR count). The molecular weight excluding hydrogens is 535 g/mol. The number of benzene rings is 1. The molecule has 1 aromatic carbocycles. The molecule has 0 unspecified atom stereocenters. The Labute approximate surface area is 247 Å². The van der Waals surface area contributed by atoms with Gasteiger partial charge in [-0.1, -0.05) is 46.8 Å². The van der Waals surface area contributed by atoms with Crippen LogP contribution in [0.2, 0.25) is 0 Å². The number of hydrogen-bond acceptors (Lipinski definition) is 5. The number of halogens is 1. The van der Waals surface area contributed by atoms with Crippen molar-refractivity contribution in [2.24, 2.45) is 11.3 Å². The fourth-order valence-corrected chi connectivity index (χ4v) is 5.32. The van der Waals surface area contributed by atoms with Crippen LogP contribution in [0.5, 0.6) is 0 Å². The third-order valence-corrected chi connectivity index (χ3v) is 8.11. The quantitative estimate of drug-likeness (QED) is 0.372. The molecule has 3 aromatic rings. The van der Waals surface area contributed by atoms with Crippen LogP contribution in [-0.2, 0) is 16.0 Å². The number of likely N-dealkylation sites (tertiary alicyclic amines) is 1. The summed E-state index contributed by atoms with van der Waals surface area (Å²) in [6.07, 6.45) is 6.12. The maximum absolute atomic E-state index is 14.0. The molecule has 0 spiro atoms. The Kier molecular flexibility index (Phi) is 9.53. The van der Waals surface area contributed by atoms with Crippen LogP contribution in [0.15, 0.2) is 48.8 Å². The van der Waals surface area contributed by atoms with Gasteiger partial charge in [0.2, 0.25) is 11.8 Å². The molecule has 3 atom stereocenters. The Balaban J connectivity index is 1.58. The molecule has 42 heavy (non-hydrogen) atoms. The van der Waals surface area contributed by atoms with Crippen molar-refractivity contribution in [3.63, 3.8) is 0 Å². The first-order valence-corrected chi connectivity index (χ1v) is 14.8. The van der Waals surface area contributed by atoms with Crippen molar-refractivity contribution in [1.82, 2.24) is 24.5 Å². The van der Waals surface area contributed by atoms with Gasteiger partial charge < -0.3 is 25.3 Å². The number of anilines is 1. The van der Waals surface area contributed by atoms with Gasteiger partial charge in [0, 0.05) is 49.7 Å². The monoisotopic (exact) mass is 578 g/mol. The number of hydrogen-bond donors (Lipinski definition) is 2. The molecule has 1 aliphatic rings. The molecule has 2 aromatic heterocycles. The van der Waals surface area contributed by atoms with Crippen LogP contribution in [0.4, 0.5) is 10.1 Å². The zero-order valence-corrected chi connectivity index (χ0v) is 25.3. The SMILES string of the molecule is CC[C@@H](C)C(=O)N[C@H](C(=O)N1CCC[C@H]1CN(CCc1ccc(F)cc1)C(=O)c1cn2cc(N)ccc2n1)C(C)(C)C. The smallest absolute Gasteiger partial charge is 0.274 e. The van der Waals surface area contributed by atoms with Crippen LogP contribution >= 0.6 is 0 Å². The highest BCUT2D eigenvalue weighted by Crippen LogP contribution is 2.27. The first-order chi connectivity index (χ1) is 19.9. The van der Waals surface area contributed by atoms with Crippen molar-refractivity contribution >= 4 is 29.1 Å². The van der Waals surface area contributed by atoms with Crippen molar-refractivity contribution in [2.75, 3.05) is 25.4 Å². The minimum absolute atomic E-state index is 0.129. The molecule has 0 aliphatic carbocycles. The second kappa shape index (κ2) is 12.9. The zero-order chi connectivity index (χ0) is 30.6. The third kappa shape index (κ3) is 7.27. The van der Waals surface area contributed by atoms with E-state index in [1.165, 1.54) is 12.1 Å². The summed E-state index contributed by atoms with van der Waals surface area (Å²) in [5.74, 6) is -1.03. The van der Waals surface area contributed by atoms with E-state index in [0.717, 1.165) is 18.4 Å². The largest absolute Gasteiger partial charge is 0.398 e. The summed E-state index contributed by atoms with van der Waals surface area (Å²) in [5, 5.41) is 3.01. The number of pyridine rings is 1. The molecule has 9 nitrogen and oxygen atoms in total. The van der Waals surface area contributed by atoms with Crippen molar-refractivity contribution in [3.05, 3.63) is 65.9 Å². The average molecular weight is 579 g/mol. The van der Waals surface area contributed by atoms with Gasteiger partial charge in [0.25, 0.3) is 5.91 Å². The maximum atomic E-state index is 14.0. The summed E-state index contributed by atoms with van der Waals surface area (Å²) in [7, 11) is 0. The van der Waals surface area contributed by atoms with E-state index in [9.17, 15) is 18.8 Å². The summed E-state index contributed by atoms with van der Waals surface area (Å²) in [6, 6.07) is 8.83. The van der Waals surface area contributed by atoms with Crippen molar-refractivity contribution in [3.8, 4) is 0 Å². The number of amides is 3. The molecule has 3 amide bonds.